The molecule has 0 aliphatic heterocycles. The lowest BCUT2D eigenvalue weighted by Gasteiger charge is -2.43. The van der Waals surface area contributed by atoms with Crippen molar-refractivity contribution in [1.29, 1.82) is 0 Å². The zero-order valence-corrected chi connectivity index (χ0v) is 9.00. The molecule has 0 saturated heterocycles. The van der Waals surface area contributed by atoms with E-state index < -0.39 is 52.8 Å². The number of rotatable bonds is 1. The normalized spacial score (nSPS) is 39.2. The number of ketones is 2. The predicted molar refractivity (Wildman–Crippen MR) is 48.6 cm³/mol. The highest BCUT2D eigenvalue weighted by atomic mass is 19.2. The molecule has 3 aliphatic rings. The highest BCUT2D eigenvalue weighted by Gasteiger charge is 2.74. The minimum Gasteiger partial charge on any atom is -0.506 e. The number of alkyl halides is 2. The smallest absolute Gasteiger partial charge is 0.313 e. The van der Waals surface area contributed by atoms with Crippen molar-refractivity contribution in [2.75, 3.05) is 7.11 Å². The van der Waals surface area contributed by atoms with Crippen molar-refractivity contribution in [3.05, 3.63) is 11.6 Å². The number of hydrogen-bond donors (Lipinski definition) is 1. The van der Waals surface area contributed by atoms with Crippen molar-refractivity contribution in [2.24, 2.45) is 5.92 Å². The van der Waals surface area contributed by atoms with Crippen LogP contribution in [0.25, 0.3) is 0 Å². The van der Waals surface area contributed by atoms with E-state index in [2.05, 4.69) is 4.74 Å². The lowest BCUT2D eigenvalue weighted by molar-refractivity contribution is -0.173. The average molecular weight is 264 g/mol. The molecule has 98 valence electrons. The fraction of sp³-hybridized carbons (Fsp3) is 0.500. The van der Waals surface area contributed by atoms with Crippen molar-refractivity contribution in [3.8, 4) is 0 Å². The summed E-state index contributed by atoms with van der Waals surface area (Å²) in [7, 11) is 0.849. The van der Waals surface area contributed by atoms with Crippen LogP contribution in [0.5, 0.6) is 0 Å². The van der Waals surface area contributed by atoms with E-state index in [1.165, 1.54) is 0 Å². The van der Waals surface area contributed by atoms with Crippen molar-refractivity contribution in [3.63, 3.8) is 0 Å². The number of carbonyl (C=O) groups excluding carboxylic acids is 3. The van der Waals surface area contributed by atoms with Crippen LogP contribution in [0.1, 0.15) is 6.42 Å². The summed E-state index contributed by atoms with van der Waals surface area (Å²) in [5, 5.41) is 9.20. The Morgan fingerprint density at radius 3 is 2.44 bits per heavy atom. The summed E-state index contributed by atoms with van der Waals surface area (Å²) in [5.74, 6) is -11.3. The zero-order chi connectivity index (χ0) is 13.9. The van der Waals surface area contributed by atoms with Gasteiger partial charge in [0.25, 0.3) is 0 Å². The van der Waals surface area contributed by atoms with Crippen LogP contribution in [-0.2, 0) is 19.1 Å². The molecule has 1 fully saturated rings. The Morgan fingerprint density at radius 2 is 1.94 bits per heavy atom. The minimum atomic E-state index is -3.58. The van der Waals surface area contributed by atoms with E-state index in [1.807, 2.05) is 0 Å². The average Bonchev–Trinajstić information content (AvgIpc) is 2.36. The third kappa shape index (κ3) is 1.10. The number of fused-ring (bicyclic) bond motifs is 2. The first-order valence-electron chi connectivity index (χ1n) is 4.85. The Labute approximate surface area is 98.2 Å². The quantitative estimate of drug-likeness (QED) is 0.550. The molecule has 8 heteroatoms. The van der Waals surface area contributed by atoms with Gasteiger partial charge in [-0.2, -0.15) is 0 Å². The summed E-state index contributed by atoms with van der Waals surface area (Å²) >= 11 is 0. The van der Waals surface area contributed by atoms with Crippen LogP contribution in [0.15, 0.2) is 11.6 Å². The first kappa shape index (κ1) is 12.6. The molecule has 0 heterocycles. The van der Waals surface area contributed by atoms with Gasteiger partial charge in [-0.1, -0.05) is 0 Å². The van der Waals surface area contributed by atoms with Gasteiger partial charge in [0.05, 0.1) is 7.11 Å². The molecule has 0 radical (unpaired) electrons. The SMILES string of the molecule is COC(=O)C1C[C@@]2(F)C(=O)C(=O)[C@]1(F)C(O)=C2F. The molecular formula is C10H7F3O5. The number of carbonyl (C=O) groups is 3. The standard InChI is InChI=1S/C10H7F3O5/c1-18-8(17)3-2-9(12)4(11)5(14)10(3,13)7(16)6(9)15/h3,14H,2H2,1H3/t3?,9-,10+/m0/s1. The maximum Gasteiger partial charge on any atom is 0.313 e. The van der Waals surface area contributed by atoms with E-state index in [4.69, 9.17) is 0 Å². The molecule has 3 rings (SSSR count). The maximum atomic E-state index is 14.3. The molecule has 0 amide bonds. The lowest BCUT2D eigenvalue weighted by Crippen LogP contribution is -2.66. The zero-order valence-electron chi connectivity index (χ0n) is 9.00. The van der Waals surface area contributed by atoms with Gasteiger partial charge in [0.2, 0.25) is 22.9 Å². The van der Waals surface area contributed by atoms with E-state index in [9.17, 15) is 32.7 Å². The number of Topliss-reactive ketones (excluding diaryl/α,β-unsaturated/α-hetero) is 2. The van der Waals surface area contributed by atoms with Crippen LogP contribution >= 0.6 is 0 Å². The Morgan fingerprint density at radius 1 is 1.39 bits per heavy atom. The summed E-state index contributed by atoms with van der Waals surface area (Å²) in [6.45, 7) is 0. The molecule has 1 saturated carbocycles. The van der Waals surface area contributed by atoms with E-state index in [1.54, 1.807) is 0 Å². The number of esters is 1. The largest absolute Gasteiger partial charge is 0.506 e. The van der Waals surface area contributed by atoms with Crippen LogP contribution in [-0.4, -0.2) is 41.1 Å². The molecule has 5 nitrogen and oxygen atoms in total. The van der Waals surface area contributed by atoms with E-state index in [-0.39, 0.29) is 0 Å². The number of ether oxygens (including phenoxy) is 1. The molecule has 1 N–H and O–H groups in total. The number of allylic oxidation sites excluding steroid dienone is 2. The van der Waals surface area contributed by atoms with Crippen LogP contribution in [0, 0.1) is 5.92 Å². The number of hydrogen-bond acceptors (Lipinski definition) is 5. The first-order chi connectivity index (χ1) is 8.21. The number of halogens is 3. The topological polar surface area (TPSA) is 80.7 Å². The van der Waals surface area contributed by atoms with Gasteiger partial charge in [-0.25, -0.2) is 13.2 Å². The van der Waals surface area contributed by atoms with Crippen LogP contribution in [0.3, 0.4) is 0 Å². The second-order valence-corrected chi connectivity index (χ2v) is 4.11. The third-order valence-corrected chi connectivity index (χ3v) is 3.25. The molecule has 0 aromatic carbocycles. The fourth-order valence-electron chi connectivity index (χ4n) is 2.22. The van der Waals surface area contributed by atoms with Gasteiger partial charge in [-0.15, -0.1) is 0 Å². The Balaban J connectivity index is 2.69. The lowest BCUT2D eigenvalue weighted by atomic mass is 9.62. The monoisotopic (exact) mass is 264 g/mol. The highest BCUT2D eigenvalue weighted by Crippen LogP contribution is 2.53. The molecule has 3 aliphatic carbocycles. The van der Waals surface area contributed by atoms with E-state index in [0.717, 1.165) is 7.11 Å². The fourth-order valence-corrected chi connectivity index (χ4v) is 2.22. The summed E-state index contributed by atoms with van der Waals surface area (Å²) in [4.78, 5) is 33.9. The van der Waals surface area contributed by atoms with Crippen molar-refractivity contribution in [2.45, 2.75) is 17.8 Å². The van der Waals surface area contributed by atoms with Crippen LogP contribution in [0.4, 0.5) is 13.2 Å². The number of aliphatic hydroxyl groups is 1. The molecule has 0 spiro atoms. The van der Waals surface area contributed by atoms with Gasteiger partial charge >= 0.3 is 5.97 Å². The predicted octanol–water partition coefficient (Wildman–Crippen LogP) is 0.487. The molecular weight excluding hydrogens is 257 g/mol. The van der Waals surface area contributed by atoms with Gasteiger partial charge in [-0.3, -0.25) is 14.4 Å². The van der Waals surface area contributed by atoms with Gasteiger partial charge < -0.3 is 9.84 Å². The second kappa shape index (κ2) is 3.33. The third-order valence-electron chi connectivity index (χ3n) is 3.25. The Bertz CT molecular complexity index is 514. The first-order valence-corrected chi connectivity index (χ1v) is 4.85. The van der Waals surface area contributed by atoms with Gasteiger partial charge in [0.1, 0.15) is 5.92 Å². The highest BCUT2D eigenvalue weighted by molar-refractivity contribution is 6.46. The van der Waals surface area contributed by atoms with Crippen molar-refractivity contribution >= 4 is 17.5 Å². The van der Waals surface area contributed by atoms with Crippen LogP contribution in [0.2, 0.25) is 0 Å². The summed E-state index contributed by atoms with van der Waals surface area (Å²) in [5.41, 5.74) is -7.07. The second-order valence-electron chi connectivity index (χ2n) is 4.11. The van der Waals surface area contributed by atoms with Crippen molar-refractivity contribution in [1.82, 2.24) is 0 Å². The maximum absolute atomic E-state index is 14.3. The van der Waals surface area contributed by atoms with Gasteiger partial charge in [-0.05, 0) is 0 Å². The summed E-state index contributed by atoms with van der Waals surface area (Å²) < 4.78 is 45.8. The van der Waals surface area contributed by atoms with E-state index >= 15 is 0 Å². The minimum absolute atomic E-state index is 0.849. The molecule has 18 heavy (non-hydrogen) atoms. The molecule has 2 bridgehead atoms. The Kier molecular flexibility index (Phi) is 2.33. The Hall–Kier alpha value is -1.86. The molecule has 0 aromatic heterocycles. The van der Waals surface area contributed by atoms with Gasteiger partial charge in [0.15, 0.2) is 11.6 Å². The van der Waals surface area contributed by atoms with E-state index in [0.29, 0.717) is 0 Å². The molecule has 1 unspecified atom stereocenters. The summed E-state index contributed by atoms with van der Waals surface area (Å²) in [6, 6.07) is 0. The number of methoxy groups -OCH3 is 1. The molecule has 3 atom stereocenters. The number of aliphatic hydroxyl groups excluding tert-OH is 1. The van der Waals surface area contributed by atoms with Crippen LogP contribution < -0.4 is 0 Å². The van der Waals surface area contributed by atoms with Crippen molar-refractivity contribution < 1.29 is 37.4 Å². The van der Waals surface area contributed by atoms with Gasteiger partial charge in [0, 0.05) is 6.42 Å². The molecule has 0 aromatic rings. The summed E-state index contributed by atoms with van der Waals surface area (Å²) in [6.07, 6.45) is -1.21.